The van der Waals surface area contributed by atoms with Crippen molar-refractivity contribution in [2.75, 3.05) is 47.1 Å². The molecule has 0 radical (unpaired) electrons. The van der Waals surface area contributed by atoms with Gasteiger partial charge in [-0.25, -0.2) is 0 Å². The van der Waals surface area contributed by atoms with E-state index in [9.17, 15) is 0 Å². The third kappa shape index (κ3) is 11.8. The molecule has 0 aliphatic rings. The molecule has 0 aliphatic carbocycles. The number of hydrogen-bond acceptors (Lipinski definition) is 4. The minimum absolute atomic E-state index is 0.297. The van der Waals surface area contributed by atoms with Crippen LogP contribution in [0.25, 0.3) is 0 Å². The molecule has 1 atom stereocenters. The van der Waals surface area contributed by atoms with E-state index >= 15 is 0 Å². The molecule has 0 amide bonds. The molecule has 4 heteroatoms. The monoisotopic (exact) mass is 218 g/mol. The van der Waals surface area contributed by atoms with Gasteiger partial charge >= 0.3 is 0 Å². The molecule has 0 aromatic rings. The molecule has 0 rings (SSSR count). The molecule has 15 heavy (non-hydrogen) atoms. The molecule has 2 N–H and O–H groups in total. The first-order valence-electron chi connectivity index (χ1n) is 5.67. The molecule has 4 nitrogen and oxygen atoms in total. The van der Waals surface area contributed by atoms with E-state index in [2.05, 4.69) is 11.9 Å². The Morgan fingerprint density at radius 3 is 2.53 bits per heavy atom. The Hall–Kier alpha value is -0.160. The lowest BCUT2D eigenvalue weighted by atomic mass is 10.2. The van der Waals surface area contributed by atoms with Gasteiger partial charge in [0.2, 0.25) is 0 Å². The van der Waals surface area contributed by atoms with Gasteiger partial charge in [0.1, 0.15) is 0 Å². The maximum Gasteiger partial charge on any atom is 0.0700 e. The summed E-state index contributed by atoms with van der Waals surface area (Å²) in [4.78, 5) is 2.29. The van der Waals surface area contributed by atoms with Crippen molar-refractivity contribution in [1.82, 2.24) is 4.90 Å². The fraction of sp³-hybridized carbons (Fsp3) is 1.00. The summed E-state index contributed by atoms with van der Waals surface area (Å²) in [6, 6.07) is 0.297. The van der Waals surface area contributed by atoms with E-state index in [1.807, 2.05) is 6.92 Å². The fourth-order valence-electron chi connectivity index (χ4n) is 1.22. The van der Waals surface area contributed by atoms with Gasteiger partial charge in [-0.1, -0.05) is 0 Å². The molecule has 92 valence electrons. The van der Waals surface area contributed by atoms with Crippen molar-refractivity contribution in [1.29, 1.82) is 0 Å². The Labute approximate surface area is 93.7 Å². The van der Waals surface area contributed by atoms with E-state index in [1.54, 1.807) is 7.11 Å². The quantitative estimate of drug-likeness (QED) is 0.549. The highest BCUT2D eigenvalue weighted by molar-refractivity contribution is 4.58. The number of methoxy groups -OCH3 is 1. The van der Waals surface area contributed by atoms with Gasteiger partial charge in [-0.15, -0.1) is 0 Å². The summed E-state index contributed by atoms with van der Waals surface area (Å²) in [5.74, 6) is 0. The lowest BCUT2D eigenvalue weighted by molar-refractivity contribution is 0.0662. The van der Waals surface area contributed by atoms with Gasteiger partial charge in [0, 0.05) is 26.3 Å². The van der Waals surface area contributed by atoms with Crippen LogP contribution in [0.1, 0.15) is 19.8 Å². The average molecular weight is 218 g/mol. The molecule has 1 unspecified atom stereocenters. The van der Waals surface area contributed by atoms with E-state index in [0.29, 0.717) is 19.3 Å². The third-order valence-corrected chi connectivity index (χ3v) is 2.23. The van der Waals surface area contributed by atoms with Crippen LogP contribution >= 0.6 is 0 Å². The number of nitrogens with zero attached hydrogens (tertiary/aromatic N) is 1. The molecule has 0 heterocycles. The second kappa shape index (κ2) is 10.4. The second-order valence-corrected chi connectivity index (χ2v) is 4.03. The normalized spacial score (nSPS) is 13.4. The van der Waals surface area contributed by atoms with Crippen molar-refractivity contribution in [3.63, 3.8) is 0 Å². The van der Waals surface area contributed by atoms with Crippen LogP contribution < -0.4 is 5.73 Å². The molecule has 0 spiro atoms. The zero-order valence-electron chi connectivity index (χ0n) is 10.4. The molecule has 0 aromatic carbocycles. The van der Waals surface area contributed by atoms with Crippen molar-refractivity contribution in [3.05, 3.63) is 0 Å². The first-order chi connectivity index (χ1) is 7.16. The van der Waals surface area contributed by atoms with Gasteiger partial charge in [-0.05, 0) is 33.4 Å². The number of rotatable bonds is 10. The maximum atomic E-state index is 5.69. The minimum atomic E-state index is 0.297. The van der Waals surface area contributed by atoms with Gasteiger partial charge in [-0.2, -0.15) is 0 Å². The van der Waals surface area contributed by atoms with Crippen molar-refractivity contribution in [2.45, 2.75) is 25.8 Å². The summed E-state index contributed by atoms with van der Waals surface area (Å²) in [5, 5.41) is 0. The molecule has 0 saturated carbocycles. The zero-order valence-corrected chi connectivity index (χ0v) is 10.4. The van der Waals surface area contributed by atoms with Crippen molar-refractivity contribution in [2.24, 2.45) is 5.73 Å². The summed E-state index contributed by atoms with van der Waals surface area (Å²) >= 11 is 0. The topological polar surface area (TPSA) is 47.7 Å². The Bertz CT molecular complexity index is 132. The molecular weight excluding hydrogens is 192 g/mol. The largest absolute Gasteiger partial charge is 0.382 e. The van der Waals surface area contributed by atoms with Crippen LogP contribution in [-0.4, -0.2) is 58.0 Å². The van der Waals surface area contributed by atoms with Crippen LogP contribution in [-0.2, 0) is 9.47 Å². The average Bonchev–Trinajstić information content (AvgIpc) is 2.20. The van der Waals surface area contributed by atoms with Crippen LogP contribution in [0.2, 0.25) is 0 Å². The molecular formula is C11H26N2O2. The Balaban J connectivity index is 3.13. The number of ether oxygens (including phenoxy) is 2. The molecule has 0 saturated heterocycles. The Kier molecular flexibility index (Phi) is 10.3. The van der Waals surface area contributed by atoms with Crippen molar-refractivity contribution < 1.29 is 9.47 Å². The van der Waals surface area contributed by atoms with Gasteiger partial charge in [0.25, 0.3) is 0 Å². The van der Waals surface area contributed by atoms with Crippen LogP contribution in [0.5, 0.6) is 0 Å². The van der Waals surface area contributed by atoms with E-state index in [1.165, 1.54) is 0 Å². The molecule has 0 aromatic heterocycles. The summed E-state index contributed by atoms with van der Waals surface area (Å²) in [5.41, 5.74) is 5.69. The first-order valence-corrected chi connectivity index (χ1v) is 5.67. The van der Waals surface area contributed by atoms with Gasteiger partial charge in [0.15, 0.2) is 0 Å². The lowest BCUT2D eigenvalue weighted by Gasteiger charge is -2.17. The summed E-state index contributed by atoms with van der Waals surface area (Å²) in [6.45, 7) is 6.36. The van der Waals surface area contributed by atoms with E-state index < -0.39 is 0 Å². The Morgan fingerprint density at radius 2 is 1.93 bits per heavy atom. The highest BCUT2D eigenvalue weighted by atomic mass is 16.5. The van der Waals surface area contributed by atoms with Gasteiger partial charge in [0.05, 0.1) is 13.2 Å². The zero-order chi connectivity index (χ0) is 11.5. The van der Waals surface area contributed by atoms with Crippen LogP contribution in [0, 0.1) is 0 Å². The smallest absolute Gasteiger partial charge is 0.0700 e. The summed E-state index contributed by atoms with van der Waals surface area (Å²) < 4.78 is 10.3. The molecule has 0 aliphatic heterocycles. The molecule has 0 bridgehead atoms. The van der Waals surface area contributed by atoms with Crippen molar-refractivity contribution in [3.8, 4) is 0 Å². The minimum Gasteiger partial charge on any atom is -0.382 e. The van der Waals surface area contributed by atoms with Gasteiger partial charge in [-0.3, -0.25) is 0 Å². The predicted molar refractivity (Wildman–Crippen MR) is 63.1 cm³/mol. The number of hydrogen-bond donors (Lipinski definition) is 1. The second-order valence-electron chi connectivity index (χ2n) is 4.03. The first kappa shape index (κ1) is 14.8. The summed E-state index contributed by atoms with van der Waals surface area (Å²) in [7, 11) is 3.81. The fourth-order valence-corrected chi connectivity index (χ4v) is 1.22. The van der Waals surface area contributed by atoms with Crippen molar-refractivity contribution >= 4 is 0 Å². The van der Waals surface area contributed by atoms with E-state index in [0.717, 1.165) is 32.5 Å². The van der Waals surface area contributed by atoms with Crippen LogP contribution in [0.15, 0.2) is 0 Å². The third-order valence-electron chi connectivity index (χ3n) is 2.23. The standard InChI is InChI=1S/C11H26N2O2/c1-11(12)5-7-13(2)6-4-8-15-10-9-14-3/h11H,4-10,12H2,1-3H3. The predicted octanol–water partition coefficient (Wildman–Crippen LogP) is 0.709. The highest BCUT2D eigenvalue weighted by Gasteiger charge is 2.00. The van der Waals surface area contributed by atoms with Gasteiger partial charge < -0.3 is 20.1 Å². The highest BCUT2D eigenvalue weighted by Crippen LogP contribution is 1.93. The molecule has 0 fully saturated rings. The Morgan fingerprint density at radius 1 is 1.20 bits per heavy atom. The maximum absolute atomic E-state index is 5.69. The SMILES string of the molecule is COCCOCCCN(C)CCC(C)N. The van der Waals surface area contributed by atoms with Crippen LogP contribution in [0.4, 0.5) is 0 Å². The number of nitrogens with two attached hydrogens (primary N) is 1. The summed E-state index contributed by atoms with van der Waals surface area (Å²) in [6.07, 6.45) is 2.13. The van der Waals surface area contributed by atoms with Crippen LogP contribution in [0.3, 0.4) is 0 Å². The lowest BCUT2D eigenvalue weighted by Crippen LogP contribution is -2.27. The van der Waals surface area contributed by atoms with E-state index in [-0.39, 0.29) is 0 Å². The van der Waals surface area contributed by atoms with E-state index in [4.69, 9.17) is 15.2 Å².